The lowest BCUT2D eigenvalue weighted by atomic mass is 9.73. The number of cyclic esters (lactones) is 1. The molecule has 0 aromatic heterocycles. The van der Waals surface area contributed by atoms with Crippen LogP contribution in [0.25, 0.3) is 0 Å². The maximum atomic E-state index is 14.1. The number of esters is 1. The van der Waals surface area contributed by atoms with Crippen molar-refractivity contribution in [3.05, 3.63) is 0 Å². The van der Waals surface area contributed by atoms with E-state index < -0.39 is 126 Å². The van der Waals surface area contributed by atoms with Gasteiger partial charge in [0.25, 0.3) is 0 Å². The third kappa shape index (κ3) is 10.1. The second-order valence-corrected chi connectivity index (χ2v) is 17.1. The number of aliphatic hydroxyl groups is 6. The number of rotatable bonds is 8. The van der Waals surface area contributed by atoms with E-state index in [0.717, 1.165) is 0 Å². The van der Waals surface area contributed by atoms with Crippen LogP contribution in [-0.2, 0) is 38.0 Å². The van der Waals surface area contributed by atoms with Crippen molar-refractivity contribution in [3.8, 4) is 0 Å². The summed E-state index contributed by atoms with van der Waals surface area (Å²) in [4.78, 5) is 28.1. The Morgan fingerprint density at radius 3 is 2.09 bits per heavy atom. The Labute approximate surface area is 325 Å². The van der Waals surface area contributed by atoms with Crippen molar-refractivity contribution in [2.24, 2.45) is 23.7 Å². The van der Waals surface area contributed by atoms with Gasteiger partial charge in [-0.05, 0) is 66.7 Å². The summed E-state index contributed by atoms with van der Waals surface area (Å²) in [5, 5.41) is 69.6. The molecule has 54 heavy (non-hydrogen) atoms. The predicted molar refractivity (Wildman–Crippen MR) is 197 cm³/mol. The molecule has 1 unspecified atom stereocenters. The summed E-state index contributed by atoms with van der Waals surface area (Å²) >= 11 is 5.85. The van der Waals surface area contributed by atoms with Crippen LogP contribution < -0.4 is 0 Å². The first-order chi connectivity index (χ1) is 24.9. The van der Waals surface area contributed by atoms with E-state index in [-0.39, 0.29) is 31.6 Å². The Hall–Kier alpha value is -1.21. The Kier molecular flexibility index (Phi) is 16.2. The molecule has 3 rings (SSSR count). The normalized spacial score (nSPS) is 48.8. The van der Waals surface area contributed by atoms with Crippen molar-refractivity contribution in [3.63, 3.8) is 0 Å². The zero-order chi connectivity index (χ0) is 41.2. The number of methoxy groups -OCH3 is 1. The molecule has 15 nitrogen and oxygen atoms in total. The van der Waals surface area contributed by atoms with Crippen molar-refractivity contribution in [2.75, 3.05) is 20.0 Å². The Morgan fingerprint density at radius 2 is 1.54 bits per heavy atom. The highest BCUT2D eigenvalue weighted by molar-refractivity contribution is 6.27. The fraction of sp³-hybridized carbons (Fsp3) is 0.947. The van der Waals surface area contributed by atoms with E-state index in [0.29, 0.717) is 0 Å². The number of nitrogens with zero attached hydrogens (tertiary/aromatic N) is 1. The fourth-order valence-corrected chi connectivity index (χ4v) is 8.93. The Balaban J connectivity index is 2.19. The number of halogens is 1. The van der Waals surface area contributed by atoms with Gasteiger partial charge in [0.1, 0.15) is 29.8 Å². The maximum Gasteiger partial charge on any atom is 0.311 e. The lowest BCUT2D eigenvalue weighted by Gasteiger charge is -2.49. The number of amides is 1. The second kappa shape index (κ2) is 18.6. The number of hydrogen-bond donors (Lipinski definition) is 6. The molecule has 0 spiro atoms. The molecule has 1 amide bonds. The Morgan fingerprint density at radius 1 is 0.926 bits per heavy atom. The van der Waals surface area contributed by atoms with Gasteiger partial charge in [-0.3, -0.25) is 9.59 Å². The van der Waals surface area contributed by atoms with E-state index >= 15 is 0 Å². The van der Waals surface area contributed by atoms with Gasteiger partial charge in [-0.25, -0.2) is 0 Å². The van der Waals surface area contributed by atoms with Crippen LogP contribution in [0.15, 0.2) is 0 Å². The minimum atomic E-state index is -1.97. The maximum absolute atomic E-state index is 14.1. The van der Waals surface area contributed by atoms with Gasteiger partial charge in [0, 0.05) is 32.4 Å². The molecule has 16 heteroatoms. The topological polar surface area (TPSA) is 214 Å². The first kappa shape index (κ1) is 47.2. The molecule has 3 fully saturated rings. The SMILES string of the molecule is CC[C@H]1OC(=O)[C@H](C)[C@@H](O[C@H]2C[C@@](C)(OC)[C@@H](O)[C@H](C)O2)[C@H](C)[C@@H](O[C@@H]2O[C@H](C)C[C@H](N(C)C(=O)CCl)[C@H]2O)C(C)(O)C[C@@H](C)[C@H](O)[C@H](C)[C@@H](O)[C@]1(C)O. The van der Waals surface area contributed by atoms with Gasteiger partial charge in [0.15, 0.2) is 12.6 Å². The second-order valence-electron chi connectivity index (χ2n) is 16.9. The summed E-state index contributed by atoms with van der Waals surface area (Å²) in [7, 11) is 2.99. The molecule has 0 bridgehead atoms. The lowest BCUT2D eigenvalue weighted by molar-refractivity contribution is -0.318. The van der Waals surface area contributed by atoms with Gasteiger partial charge in [0.2, 0.25) is 5.91 Å². The van der Waals surface area contributed by atoms with Crippen LogP contribution in [0.2, 0.25) is 0 Å². The van der Waals surface area contributed by atoms with Gasteiger partial charge >= 0.3 is 5.97 Å². The van der Waals surface area contributed by atoms with Crippen molar-refractivity contribution in [1.82, 2.24) is 4.90 Å². The standard InChI is InChI=1S/C38H68ClNO14/c1-13-25-38(10,48)31(44)20(4)28(42)18(2)15-36(8,47)33(54-35-29(43)24(14-19(3)50-35)40(11)26(41)17-39)21(5)30(22(6)34(46)52-25)53-27-16-37(9,49-12)32(45)23(7)51-27/h18-25,27-33,35,42-45,47-48H,13-17H2,1-12H3/t18-,19-,20+,21+,22-,23+,24+,25-,27+,28+,29-,30+,31-,32+,33-,35+,36?,37-,38-/m1/s1. The van der Waals surface area contributed by atoms with Crippen molar-refractivity contribution in [1.29, 1.82) is 0 Å². The van der Waals surface area contributed by atoms with E-state index in [1.165, 1.54) is 32.9 Å². The van der Waals surface area contributed by atoms with Gasteiger partial charge < -0.3 is 64.0 Å². The number of alkyl halides is 1. The van der Waals surface area contributed by atoms with E-state index in [2.05, 4.69) is 0 Å². The summed E-state index contributed by atoms with van der Waals surface area (Å²) in [6, 6.07) is -0.748. The predicted octanol–water partition coefficient (Wildman–Crippen LogP) is 1.71. The van der Waals surface area contributed by atoms with E-state index in [1.54, 1.807) is 55.4 Å². The monoisotopic (exact) mass is 797 g/mol. The first-order valence-electron chi connectivity index (χ1n) is 19.2. The molecule has 0 radical (unpaired) electrons. The van der Waals surface area contributed by atoms with Gasteiger partial charge in [-0.2, -0.15) is 0 Å². The van der Waals surface area contributed by atoms with Crippen molar-refractivity contribution < 1.29 is 68.6 Å². The number of aliphatic hydroxyl groups excluding tert-OH is 4. The van der Waals surface area contributed by atoms with E-state index in [1.807, 2.05) is 0 Å². The molecule has 3 heterocycles. The number of ether oxygens (including phenoxy) is 6. The number of carbonyl (C=O) groups is 2. The van der Waals surface area contributed by atoms with Crippen LogP contribution in [0.1, 0.15) is 94.9 Å². The molecule has 19 atom stereocenters. The fourth-order valence-electron chi connectivity index (χ4n) is 8.74. The van der Waals surface area contributed by atoms with E-state index in [9.17, 15) is 40.2 Å². The van der Waals surface area contributed by atoms with Crippen LogP contribution in [0.5, 0.6) is 0 Å². The molecule has 0 saturated carbocycles. The molecule has 6 N–H and O–H groups in total. The molecular weight excluding hydrogens is 730 g/mol. The van der Waals surface area contributed by atoms with Gasteiger partial charge in [-0.15, -0.1) is 11.6 Å². The molecule has 0 aliphatic carbocycles. The molecule has 0 aromatic rings. The average Bonchev–Trinajstić information content (AvgIpc) is 3.11. The van der Waals surface area contributed by atoms with Gasteiger partial charge in [0.05, 0.1) is 59.8 Å². The van der Waals surface area contributed by atoms with Crippen LogP contribution >= 0.6 is 11.6 Å². The zero-order valence-corrected chi connectivity index (χ0v) is 34.8. The van der Waals surface area contributed by atoms with Gasteiger partial charge in [-0.1, -0.05) is 27.7 Å². The number of carbonyl (C=O) groups excluding carboxylic acids is 2. The number of likely N-dealkylation sites (N-methyl/N-ethyl adjacent to an activating group) is 1. The number of hydrogen-bond acceptors (Lipinski definition) is 14. The molecule has 316 valence electrons. The summed E-state index contributed by atoms with van der Waals surface area (Å²) < 4.78 is 37.1. The van der Waals surface area contributed by atoms with Crippen molar-refractivity contribution >= 4 is 23.5 Å². The summed E-state index contributed by atoms with van der Waals surface area (Å²) in [5.74, 6) is -5.14. The first-order valence-corrected chi connectivity index (χ1v) is 19.8. The zero-order valence-electron chi connectivity index (χ0n) is 34.0. The molecule has 3 saturated heterocycles. The highest BCUT2D eigenvalue weighted by Crippen LogP contribution is 2.41. The summed E-state index contributed by atoms with van der Waals surface area (Å²) in [6.45, 7) is 16.3. The molecule has 3 aliphatic heterocycles. The average molecular weight is 798 g/mol. The van der Waals surface area contributed by atoms with Crippen LogP contribution in [0.3, 0.4) is 0 Å². The highest BCUT2D eigenvalue weighted by Gasteiger charge is 2.53. The molecular formula is C38H68ClNO14. The molecule has 3 aliphatic rings. The minimum absolute atomic E-state index is 0.0616. The van der Waals surface area contributed by atoms with Crippen LogP contribution in [-0.4, -0.2) is 158 Å². The third-order valence-electron chi connectivity index (χ3n) is 12.4. The smallest absolute Gasteiger partial charge is 0.311 e. The Bertz CT molecular complexity index is 1240. The summed E-state index contributed by atoms with van der Waals surface area (Å²) in [6.07, 6.45) is -12.0. The van der Waals surface area contributed by atoms with Crippen LogP contribution in [0, 0.1) is 23.7 Å². The van der Waals surface area contributed by atoms with Crippen molar-refractivity contribution in [2.45, 2.75) is 185 Å². The van der Waals surface area contributed by atoms with Crippen LogP contribution in [0.4, 0.5) is 0 Å². The quantitative estimate of drug-likeness (QED) is 0.153. The van der Waals surface area contributed by atoms with E-state index in [4.69, 9.17) is 40.0 Å². The summed E-state index contributed by atoms with van der Waals surface area (Å²) in [5.41, 5.74) is -4.88. The highest BCUT2D eigenvalue weighted by atomic mass is 35.5. The molecule has 0 aromatic carbocycles. The lowest BCUT2D eigenvalue weighted by Crippen LogP contribution is -2.62. The largest absolute Gasteiger partial charge is 0.459 e. The minimum Gasteiger partial charge on any atom is -0.459 e. The third-order valence-corrected chi connectivity index (χ3v) is 12.6.